The number of hydrogen-bond donors (Lipinski definition) is 1. The van der Waals surface area contributed by atoms with E-state index in [4.69, 9.17) is 0 Å². The number of nitrogens with zero attached hydrogens (tertiary/aromatic N) is 1. The first-order chi connectivity index (χ1) is 11.1. The summed E-state index contributed by atoms with van der Waals surface area (Å²) in [5, 5.41) is 3.29. The molecule has 0 bridgehead atoms. The molecular formula is C18H19F3N2. The van der Waals surface area contributed by atoms with Crippen molar-refractivity contribution >= 4 is 0 Å². The Morgan fingerprint density at radius 1 is 0.870 bits per heavy atom. The van der Waals surface area contributed by atoms with Crippen LogP contribution in [0.3, 0.4) is 0 Å². The van der Waals surface area contributed by atoms with Crippen molar-refractivity contribution < 1.29 is 13.2 Å². The molecule has 1 N–H and O–H groups in total. The van der Waals surface area contributed by atoms with Gasteiger partial charge in [0.15, 0.2) is 0 Å². The molecule has 0 amide bonds. The van der Waals surface area contributed by atoms with Gasteiger partial charge in [0.05, 0.1) is 11.6 Å². The number of nitrogens with one attached hydrogen (secondary N) is 1. The average Bonchev–Trinajstić information content (AvgIpc) is 2.57. The molecule has 1 heterocycles. The van der Waals surface area contributed by atoms with E-state index >= 15 is 0 Å². The lowest BCUT2D eigenvalue weighted by Crippen LogP contribution is -2.45. The molecule has 1 fully saturated rings. The number of benzene rings is 2. The summed E-state index contributed by atoms with van der Waals surface area (Å²) in [4.78, 5) is 2.24. The second-order valence-electron chi connectivity index (χ2n) is 5.72. The summed E-state index contributed by atoms with van der Waals surface area (Å²) in [5.41, 5.74) is 1.12. The third kappa shape index (κ3) is 3.74. The van der Waals surface area contributed by atoms with Gasteiger partial charge in [-0.15, -0.1) is 0 Å². The van der Waals surface area contributed by atoms with Crippen molar-refractivity contribution in [2.75, 3.05) is 26.2 Å². The fourth-order valence-electron chi connectivity index (χ4n) is 3.07. The van der Waals surface area contributed by atoms with Crippen LogP contribution in [0.2, 0.25) is 0 Å². The van der Waals surface area contributed by atoms with Gasteiger partial charge in [0.25, 0.3) is 0 Å². The highest BCUT2D eigenvalue weighted by atomic mass is 19.4. The molecule has 1 aliphatic rings. The van der Waals surface area contributed by atoms with E-state index in [2.05, 4.69) is 10.2 Å². The Balaban J connectivity index is 2.01. The van der Waals surface area contributed by atoms with Crippen LogP contribution in [-0.2, 0) is 6.18 Å². The van der Waals surface area contributed by atoms with Gasteiger partial charge in [-0.3, -0.25) is 4.90 Å². The summed E-state index contributed by atoms with van der Waals surface area (Å²) in [6.07, 6.45) is -4.32. The molecule has 0 unspecified atom stereocenters. The zero-order chi connectivity index (χ0) is 16.3. The number of alkyl halides is 3. The number of piperazine rings is 1. The molecule has 1 atom stereocenters. The normalized spacial score (nSPS) is 17.9. The molecule has 3 rings (SSSR count). The predicted octanol–water partition coefficient (Wildman–Crippen LogP) is 3.70. The summed E-state index contributed by atoms with van der Waals surface area (Å²) in [6.45, 7) is 3.33. The van der Waals surface area contributed by atoms with Gasteiger partial charge in [-0.1, -0.05) is 42.5 Å². The maximum absolute atomic E-state index is 13.1. The molecule has 0 spiro atoms. The van der Waals surface area contributed by atoms with Gasteiger partial charge in [0.2, 0.25) is 0 Å². The Labute approximate surface area is 133 Å². The number of hydrogen-bond acceptors (Lipinski definition) is 2. The van der Waals surface area contributed by atoms with Crippen molar-refractivity contribution in [1.82, 2.24) is 10.2 Å². The predicted molar refractivity (Wildman–Crippen MR) is 84.2 cm³/mol. The summed E-state index contributed by atoms with van der Waals surface area (Å²) < 4.78 is 39.2. The Morgan fingerprint density at radius 2 is 1.52 bits per heavy atom. The molecule has 5 heteroatoms. The molecule has 0 aliphatic carbocycles. The van der Waals surface area contributed by atoms with Crippen LogP contribution in [0.5, 0.6) is 0 Å². The van der Waals surface area contributed by atoms with Crippen LogP contribution in [0.25, 0.3) is 0 Å². The fraction of sp³-hybridized carbons (Fsp3) is 0.333. The second-order valence-corrected chi connectivity index (χ2v) is 5.72. The monoisotopic (exact) mass is 320 g/mol. The Bertz CT molecular complexity index is 634. The van der Waals surface area contributed by atoms with Gasteiger partial charge in [-0.2, -0.15) is 13.2 Å². The lowest BCUT2D eigenvalue weighted by Gasteiger charge is -2.35. The minimum absolute atomic E-state index is 0.152. The van der Waals surface area contributed by atoms with Gasteiger partial charge < -0.3 is 5.32 Å². The molecule has 2 nitrogen and oxygen atoms in total. The largest absolute Gasteiger partial charge is 0.416 e. The first-order valence-corrected chi connectivity index (χ1v) is 7.72. The minimum atomic E-state index is -4.32. The molecule has 0 radical (unpaired) electrons. The van der Waals surface area contributed by atoms with Crippen LogP contribution in [0.1, 0.15) is 22.7 Å². The van der Waals surface area contributed by atoms with E-state index < -0.39 is 11.7 Å². The molecule has 23 heavy (non-hydrogen) atoms. The van der Waals surface area contributed by atoms with Crippen LogP contribution in [0.4, 0.5) is 13.2 Å². The van der Waals surface area contributed by atoms with E-state index in [0.717, 1.165) is 37.8 Å². The SMILES string of the molecule is FC(F)(F)c1cccc([C@@H](c2ccccc2)N2CCNCC2)c1. The van der Waals surface area contributed by atoms with Gasteiger partial charge in [-0.25, -0.2) is 0 Å². The minimum Gasteiger partial charge on any atom is -0.314 e. The molecule has 0 saturated carbocycles. The van der Waals surface area contributed by atoms with E-state index in [1.807, 2.05) is 30.3 Å². The molecule has 2 aromatic carbocycles. The van der Waals surface area contributed by atoms with Gasteiger partial charge in [0.1, 0.15) is 0 Å². The summed E-state index contributed by atoms with van der Waals surface area (Å²) in [6, 6.07) is 15.3. The van der Waals surface area contributed by atoms with Crippen LogP contribution in [0, 0.1) is 0 Å². The molecule has 122 valence electrons. The van der Waals surface area contributed by atoms with Crippen molar-refractivity contribution in [2.24, 2.45) is 0 Å². The molecule has 1 saturated heterocycles. The maximum atomic E-state index is 13.1. The summed E-state index contributed by atoms with van der Waals surface area (Å²) in [5.74, 6) is 0. The smallest absolute Gasteiger partial charge is 0.314 e. The van der Waals surface area contributed by atoms with Crippen molar-refractivity contribution in [3.8, 4) is 0 Å². The quantitative estimate of drug-likeness (QED) is 0.928. The van der Waals surface area contributed by atoms with Crippen molar-refractivity contribution in [3.63, 3.8) is 0 Å². The van der Waals surface area contributed by atoms with E-state index in [9.17, 15) is 13.2 Å². The van der Waals surface area contributed by atoms with Gasteiger partial charge in [-0.05, 0) is 23.3 Å². The van der Waals surface area contributed by atoms with E-state index in [1.54, 1.807) is 6.07 Å². The van der Waals surface area contributed by atoms with Crippen LogP contribution in [-0.4, -0.2) is 31.1 Å². The van der Waals surface area contributed by atoms with Crippen molar-refractivity contribution in [1.29, 1.82) is 0 Å². The topological polar surface area (TPSA) is 15.3 Å². The lowest BCUT2D eigenvalue weighted by atomic mass is 9.95. The number of halogens is 3. The van der Waals surface area contributed by atoms with Gasteiger partial charge >= 0.3 is 6.18 Å². The molecule has 0 aromatic heterocycles. The molecule has 2 aromatic rings. The van der Waals surface area contributed by atoms with Crippen molar-refractivity contribution in [3.05, 3.63) is 71.3 Å². The highest BCUT2D eigenvalue weighted by Crippen LogP contribution is 2.34. The lowest BCUT2D eigenvalue weighted by molar-refractivity contribution is -0.137. The highest BCUT2D eigenvalue weighted by Gasteiger charge is 2.32. The Kier molecular flexibility index (Phi) is 4.68. The Hall–Kier alpha value is -1.85. The fourth-order valence-corrected chi connectivity index (χ4v) is 3.07. The van der Waals surface area contributed by atoms with E-state index in [0.29, 0.717) is 5.56 Å². The van der Waals surface area contributed by atoms with Gasteiger partial charge in [0, 0.05) is 26.2 Å². The average molecular weight is 320 g/mol. The van der Waals surface area contributed by atoms with Crippen LogP contribution < -0.4 is 5.32 Å². The van der Waals surface area contributed by atoms with Crippen LogP contribution in [0.15, 0.2) is 54.6 Å². The maximum Gasteiger partial charge on any atom is 0.416 e. The van der Waals surface area contributed by atoms with Crippen LogP contribution >= 0.6 is 0 Å². The summed E-state index contributed by atoms with van der Waals surface area (Å²) in [7, 11) is 0. The third-order valence-electron chi connectivity index (χ3n) is 4.16. The van der Waals surface area contributed by atoms with Crippen molar-refractivity contribution in [2.45, 2.75) is 12.2 Å². The Morgan fingerprint density at radius 3 is 2.17 bits per heavy atom. The summed E-state index contributed by atoms with van der Waals surface area (Å²) >= 11 is 0. The van der Waals surface area contributed by atoms with E-state index in [1.165, 1.54) is 12.1 Å². The molecular weight excluding hydrogens is 301 g/mol. The standard InChI is InChI=1S/C18H19F3N2/c19-18(20,21)16-8-4-7-15(13-16)17(14-5-2-1-3-6-14)23-11-9-22-10-12-23/h1-8,13,17,22H,9-12H2/t17-/m1/s1. The third-order valence-corrected chi connectivity index (χ3v) is 4.16. The zero-order valence-corrected chi connectivity index (χ0v) is 12.7. The zero-order valence-electron chi connectivity index (χ0n) is 12.7. The second kappa shape index (κ2) is 6.72. The first-order valence-electron chi connectivity index (χ1n) is 7.72. The first kappa shape index (κ1) is 16.0. The highest BCUT2D eigenvalue weighted by molar-refractivity contribution is 5.35. The number of rotatable bonds is 3. The van der Waals surface area contributed by atoms with E-state index in [-0.39, 0.29) is 6.04 Å². The molecule has 1 aliphatic heterocycles.